The maximum Gasteiger partial charge on any atom is 0.269 e. The van der Waals surface area contributed by atoms with Crippen LogP contribution in [0.15, 0.2) is 29.2 Å². The molecule has 2 amide bonds. The van der Waals surface area contributed by atoms with Gasteiger partial charge < -0.3 is 15.4 Å². The molecule has 1 aromatic rings. The fourth-order valence-electron chi connectivity index (χ4n) is 3.53. The highest BCUT2D eigenvalue weighted by molar-refractivity contribution is 7.89. The fraction of sp³-hybridized carbons (Fsp3) is 0.500. The molecule has 0 unspecified atom stereocenters. The third-order valence-corrected chi connectivity index (χ3v) is 6.80. The topological polar surface area (TPSA) is 153 Å². The number of ether oxygens (including phenoxy) is 1. The van der Waals surface area contributed by atoms with E-state index in [1.165, 1.54) is 4.90 Å². The van der Waals surface area contributed by atoms with Crippen molar-refractivity contribution in [2.24, 2.45) is 5.73 Å². The van der Waals surface area contributed by atoms with Crippen LogP contribution in [0.4, 0.5) is 5.69 Å². The molecule has 11 nitrogen and oxygen atoms in total. The van der Waals surface area contributed by atoms with E-state index in [0.29, 0.717) is 0 Å². The summed E-state index contributed by atoms with van der Waals surface area (Å²) in [6.07, 6.45) is -1.28. The molecule has 0 bridgehead atoms. The van der Waals surface area contributed by atoms with E-state index in [9.17, 15) is 28.1 Å². The zero-order chi connectivity index (χ0) is 20.6. The number of non-ortho nitro benzene ring substituents is 1. The monoisotopic (exact) mass is 412 g/mol. The predicted molar refractivity (Wildman–Crippen MR) is 95.3 cm³/mol. The SMILES string of the molecule is C[C@H]1O[C@H]2CCN(S(=O)(=O)c3ccc([N+](=O)[O-])cc3)CCC(=O)N2[C@@H]1C(N)=O. The molecule has 12 heteroatoms. The van der Waals surface area contributed by atoms with E-state index in [-0.39, 0.29) is 36.5 Å². The third kappa shape index (κ3) is 3.57. The van der Waals surface area contributed by atoms with Crippen LogP contribution in [-0.4, -0.2) is 65.8 Å². The van der Waals surface area contributed by atoms with Crippen molar-refractivity contribution >= 4 is 27.5 Å². The number of primary amides is 1. The van der Waals surface area contributed by atoms with E-state index >= 15 is 0 Å². The highest BCUT2D eigenvalue weighted by atomic mass is 32.2. The number of nitro benzene ring substituents is 1. The lowest BCUT2D eigenvalue weighted by atomic mass is 10.1. The molecule has 3 atom stereocenters. The lowest BCUT2D eigenvalue weighted by Crippen LogP contribution is -2.52. The molecule has 0 radical (unpaired) electrons. The average molecular weight is 412 g/mol. The number of nitrogens with zero attached hydrogens (tertiary/aromatic N) is 3. The number of nitrogens with two attached hydrogens (primary N) is 1. The van der Waals surface area contributed by atoms with Gasteiger partial charge in [-0.25, -0.2) is 8.42 Å². The van der Waals surface area contributed by atoms with Crippen LogP contribution in [0.3, 0.4) is 0 Å². The minimum atomic E-state index is -3.95. The molecule has 0 spiro atoms. The van der Waals surface area contributed by atoms with Gasteiger partial charge in [0.25, 0.3) is 5.69 Å². The predicted octanol–water partition coefficient (Wildman–Crippen LogP) is -0.193. The van der Waals surface area contributed by atoms with Gasteiger partial charge in [0.2, 0.25) is 21.8 Å². The molecule has 2 N–H and O–H groups in total. The van der Waals surface area contributed by atoms with Crippen molar-refractivity contribution in [1.29, 1.82) is 0 Å². The Bertz CT molecular complexity index is 902. The molecule has 2 fully saturated rings. The van der Waals surface area contributed by atoms with Gasteiger partial charge in [0.1, 0.15) is 12.3 Å². The number of fused-ring (bicyclic) bond motifs is 1. The van der Waals surface area contributed by atoms with Crippen molar-refractivity contribution in [2.75, 3.05) is 13.1 Å². The standard InChI is InChI=1S/C16H20N4O7S/c1-10-15(16(17)22)19-13(21)6-8-18(9-7-14(19)27-10)28(25,26)12-4-2-11(3-5-12)20(23)24/h2-5,10,14-15H,6-9H2,1H3,(H2,17,22)/t10-,14+,15+/m1/s1. The van der Waals surface area contributed by atoms with Crippen molar-refractivity contribution in [3.05, 3.63) is 34.4 Å². The maximum atomic E-state index is 12.9. The zero-order valence-electron chi connectivity index (χ0n) is 15.1. The van der Waals surface area contributed by atoms with Crippen LogP contribution >= 0.6 is 0 Å². The van der Waals surface area contributed by atoms with Crippen LogP contribution < -0.4 is 5.73 Å². The first-order chi connectivity index (χ1) is 13.1. The molecule has 152 valence electrons. The molecule has 2 aliphatic heterocycles. The molecule has 1 aromatic carbocycles. The zero-order valence-corrected chi connectivity index (χ0v) is 15.9. The van der Waals surface area contributed by atoms with E-state index < -0.39 is 45.1 Å². The van der Waals surface area contributed by atoms with Crippen molar-refractivity contribution in [3.8, 4) is 0 Å². The van der Waals surface area contributed by atoms with Crippen LogP contribution in [0.1, 0.15) is 19.8 Å². The molecule has 2 aliphatic rings. The first-order valence-corrected chi connectivity index (χ1v) is 10.1. The van der Waals surface area contributed by atoms with Crippen LogP contribution in [0.5, 0.6) is 0 Å². The number of nitro groups is 1. The summed E-state index contributed by atoms with van der Waals surface area (Å²) in [5, 5.41) is 10.7. The minimum absolute atomic E-state index is 0.0615. The molecular formula is C16H20N4O7S. The van der Waals surface area contributed by atoms with E-state index in [1.807, 2.05) is 0 Å². The van der Waals surface area contributed by atoms with Gasteiger partial charge in [-0.2, -0.15) is 4.31 Å². The van der Waals surface area contributed by atoms with Crippen LogP contribution in [0, 0.1) is 10.1 Å². The molecule has 0 aliphatic carbocycles. The summed E-state index contributed by atoms with van der Waals surface area (Å²) in [4.78, 5) is 35.6. The Morgan fingerprint density at radius 3 is 2.50 bits per heavy atom. The number of carbonyl (C=O) groups is 2. The van der Waals surface area contributed by atoms with E-state index in [1.54, 1.807) is 6.92 Å². The number of hydrogen-bond donors (Lipinski definition) is 1. The Hall–Kier alpha value is -2.57. The molecule has 2 saturated heterocycles. The quantitative estimate of drug-likeness (QED) is 0.531. The summed E-state index contributed by atoms with van der Waals surface area (Å²) < 4.78 is 32.6. The first-order valence-electron chi connectivity index (χ1n) is 8.63. The Morgan fingerprint density at radius 2 is 1.93 bits per heavy atom. The number of rotatable bonds is 4. The number of amides is 2. The minimum Gasteiger partial charge on any atom is -0.368 e. The molecule has 2 heterocycles. The average Bonchev–Trinajstić information content (AvgIpc) is 2.95. The summed E-state index contributed by atoms with van der Waals surface area (Å²) in [6.45, 7) is 1.62. The van der Waals surface area contributed by atoms with Gasteiger partial charge in [0, 0.05) is 38.1 Å². The summed E-state index contributed by atoms with van der Waals surface area (Å²) in [5.41, 5.74) is 5.17. The Balaban J connectivity index is 1.81. The maximum absolute atomic E-state index is 12.9. The summed E-state index contributed by atoms with van der Waals surface area (Å²) in [5.74, 6) is -1.08. The number of carbonyl (C=O) groups excluding carboxylic acids is 2. The summed E-state index contributed by atoms with van der Waals surface area (Å²) in [6, 6.07) is 3.68. The number of benzene rings is 1. The second-order valence-electron chi connectivity index (χ2n) is 6.64. The van der Waals surface area contributed by atoms with Crippen molar-refractivity contribution < 1.29 is 27.7 Å². The van der Waals surface area contributed by atoms with Crippen molar-refractivity contribution in [1.82, 2.24) is 9.21 Å². The largest absolute Gasteiger partial charge is 0.368 e. The smallest absolute Gasteiger partial charge is 0.269 e. The van der Waals surface area contributed by atoms with Crippen molar-refractivity contribution in [3.63, 3.8) is 0 Å². The molecule has 3 rings (SSSR count). The van der Waals surface area contributed by atoms with Crippen LogP contribution in [0.25, 0.3) is 0 Å². The van der Waals surface area contributed by atoms with Gasteiger partial charge in [0.05, 0.1) is 15.9 Å². The molecule has 0 saturated carbocycles. The highest BCUT2D eigenvalue weighted by Gasteiger charge is 2.47. The van der Waals surface area contributed by atoms with Crippen molar-refractivity contribution in [2.45, 2.75) is 43.0 Å². The summed E-state index contributed by atoms with van der Waals surface area (Å²) in [7, 11) is -3.95. The van der Waals surface area contributed by atoms with Gasteiger partial charge in [-0.05, 0) is 19.1 Å². The fourth-order valence-corrected chi connectivity index (χ4v) is 4.98. The van der Waals surface area contributed by atoms with E-state index in [0.717, 1.165) is 28.6 Å². The molecule has 28 heavy (non-hydrogen) atoms. The third-order valence-electron chi connectivity index (χ3n) is 4.89. The first kappa shape index (κ1) is 20.2. The van der Waals surface area contributed by atoms with E-state index in [4.69, 9.17) is 10.5 Å². The lowest BCUT2D eigenvalue weighted by Gasteiger charge is -2.32. The molecule has 0 aromatic heterocycles. The number of hydrogen-bond acceptors (Lipinski definition) is 7. The van der Waals surface area contributed by atoms with Gasteiger partial charge in [0.15, 0.2) is 0 Å². The van der Waals surface area contributed by atoms with Gasteiger partial charge >= 0.3 is 0 Å². The lowest BCUT2D eigenvalue weighted by molar-refractivity contribution is -0.384. The highest BCUT2D eigenvalue weighted by Crippen LogP contribution is 2.29. The van der Waals surface area contributed by atoms with Gasteiger partial charge in [-0.15, -0.1) is 0 Å². The van der Waals surface area contributed by atoms with E-state index in [2.05, 4.69) is 0 Å². The second-order valence-corrected chi connectivity index (χ2v) is 8.58. The summed E-state index contributed by atoms with van der Waals surface area (Å²) >= 11 is 0. The van der Waals surface area contributed by atoms with Gasteiger partial charge in [-0.3, -0.25) is 19.7 Å². The Labute approximate surface area is 161 Å². The Morgan fingerprint density at radius 1 is 1.29 bits per heavy atom. The second kappa shape index (κ2) is 7.45. The molecular weight excluding hydrogens is 392 g/mol. The van der Waals surface area contributed by atoms with Crippen LogP contribution in [0.2, 0.25) is 0 Å². The normalized spacial score (nSPS) is 26.4. The van der Waals surface area contributed by atoms with Crippen LogP contribution in [-0.2, 0) is 24.3 Å². The van der Waals surface area contributed by atoms with Gasteiger partial charge in [-0.1, -0.05) is 0 Å². The Kier molecular flexibility index (Phi) is 5.37. The number of sulfonamides is 1.